The molecule has 1 fully saturated rings. The second kappa shape index (κ2) is 6.36. The first kappa shape index (κ1) is 14.3. The molecule has 0 bridgehead atoms. The van der Waals surface area contributed by atoms with Crippen LogP contribution in [-0.4, -0.2) is 46.1 Å². The van der Waals surface area contributed by atoms with Crippen molar-refractivity contribution in [1.29, 1.82) is 0 Å². The normalized spacial score (nSPS) is 21.8. The molecule has 2 unspecified atom stereocenters. The summed E-state index contributed by atoms with van der Waals surface area (Å²) in [7, 11) is 0. The summed E-state index contributed by atoms with van der Waals surface area (Å²) in [4.78, 5) is 28.6. The van der Waals surface area contributed by atoms with Gasteiger partial charge in [0.15, 0.2) is 0 Å². The number of urea groups is 1. The van der Waals surface area contributed by atoms with Crippen molar-refractivity contribution in [2.75, 3.05) is 13.1 Å². The summed E-state index contributed by atoms with van der Waals surface area (Å²) in [6, 6.07) is 2.78. The molecule has 2 heterocycles. The Hall–Kier alpha value is -2.11. The van der Waals surface area contributed by atoms with Crippen LogP contribution in [0.1, 0.15) is 18.9 Å². The molecule has 0 saturated carbocycles. The number of carbonyl (C=O) groups excluding carboxylic acids is 1. The monoisotopic (exact) mass is 277 g/mol. The maximum atomic E-state index is 12.0. The number of aromatic nitrogens is 1. The Labute approximate surface area is 117 Å². The standard InChI is InChI=1S/C14H19N3O3/c1-10-5-9-17(12(10)13(18)19)14(20)16-8-4-11-2-6-15-7-3-11/h2-3,6-7,10,12H,4-5,8-9H2,1H3,(H,16,20)(H,18,19). The van der Waals surface area contributed by atoms with Crippen molar-refractivity contribution in [1.82, 2.24) is 15.2 Å². The van der Waals surface area contributed by atoms with Crippen molar-refractivity contribution in [3.05, 3.63) is 30.1 Å². The van der Waals surface area contributed by atoms with Crippen molar-refractivity contribution < 1.29 is 14.7 Å². The number of likely N-dealkylation sites (tertiary alicyclic amines) is 1. The second-order valence-corrected chi connectivity index (χ2v) is 5.08. The summed E-state index contributed by atoms with van der Waals surface area (Å²) < 4.78 is 0. The van der Waals surface area contributed by atoms with E-state index in [9.17, 15) is 14.7 Å². The molecule has 2 rings (SSSR count). The highest BCUT2D eigenvalue weighted by atomic mass is 16.4. The quantitative estimate of drug-likeness (QED) is 0.864. The molecule has 0 spiro atoms. The Morgan fingerprint density at radius 1 is 1.45 bits per heavy atom. The number of pyridine rings is 1. The number of nitrogens with one attached hydrogen (secondary N) is 1. The molecule has 2 atom stereocenters. The van der Waals surface area contributed by atoms with Gasteiger partial charge in [-0.2, -0.15) is 0 Å². The predicted molar refractivity (Wildman–Crippen MR) is 73.3 cm³/mol. The van der Waals surface area contributed by atoms with Crippen LogP contribution in [-0.2, 0) is 11.2 Å². The Bertz CT molecular complexity index is 478. The molecule has 6 heteroatoms. The fraction of sp³-hybridized carbons (Fsp3) is 0.500. The zero-order chi connectivity index (χ0) is 14.5. The van der Waals surface area contributed by atoms with E-state index >= 15 is 0 Å². The summed E-state index contributed by atoms with van der Waals surface area (Å²) in [5, 5.41) is 12.0. The lowest BCUT2D eigenvalue weighted by molar-refractivity contribution is -0.142. The van der Waals surface area contributed by atoms with Crippen LogP contribution in [0.2, 0.25) is 0 Å². The van der Waals surface area contributed by atoms with E-state index in [4.69, 9.17) is 0 Å². The van der Waals surface area contributed by atoms with Crippen molar-refractivity contribution in [3.8, 4) is 0 Å². The minimum atomic E-state index is -0.931. The molecule has 20 heavy (non-hydrogen) atoms. The van der Waals surface area contributed by atoms with Gasteiger partial charge in [-0.15, -0.1) is 0 Å². The third-order valence-electron chi connectivity index (χ3n) is 3.65. The van der Waals surface area contributed by atoms with E-state index in [1.165, 1.54) is 4.90 Å². The van der Waals surface area contributed by atoms with Crippen LogP contribution >= 0.6 is 0 Å². The lowest BCUT2D eigenvalue weighted by Gasteiger charge is -2.23. The average molecular weight is 277 g/mol. The number of carboxylic acids is 1. The average Bonchev–Trinajstić information content (AvgIpc) is 2.82. The summed E-state index contributed by atoms with van der Waals surface area (Å²) in [5.41, 5.74) is 1.09. The Balaban J connectivity index is 1.84. The Morgan fingerprint density at radius 2 is 2.15 bits per heavy atom. The number of nitrogens with zero attached hydrogens (tertiary/aromatic N) is 2. The highest BCUT2D eigenvalue weighted by molar-refractivity contribution is 5.83. The lowest BCUT2D eigenvalue weighted by atomic mass is 10.0. The molecule has 2 amide bonds. The van der Waals surface area contributed by atoms with Gasteiger partial charge in [-0.25, -0.2) is 9.59 Å². The van der Waals surface area contributed by atoms with E-state index in [1.54, 1.807) is 12.4 Å². The van der Waals surface area contributed by atoms with Crippen LogP contribution in [0, 0.1) is 5.92 Å². The van der Waals surface area contributed by atoms with Crippen LogP contribution < -0.4 is 5.32 Å². The predicted octanol–water partition coefficient (Wildman–Crippen LogP) is 1.13. The van der Waals surface area contributed by atoms with Crippen LogP contribution in [0.4, 0.5) is 4.79 Å². The van der Waals surface area contributed by atoms with Gasteiger partial charge < -0.3 is 15.3 Å². The van der Waals surface area contributed by atoms with E-state index in [0.717, 1.165) is 12.0 Å². The first-order valence-corrected chi connectivity index (χ1v) is 6.76. The van der Waals surface area contributed by atoms with Crippen molar-refractivity contribution in [2.45, 2.75) is 25.8 Å². The number of carbonyl (C=O) groups is 2. The molecule has 1 aromatic rings. The van der Waals surface area contributed by atoms with Gasteiger partial charge in [-0.05, 0) is 36.5 Å². The minimum absolute atomic E-state index is 0.00144. The van der Waals surface area contributed by atoms with E-state index in [1.807, 2.05) is 19.1 Å². The molecule has 0 aromatic carbocycles. The van der Waals surface area contributed by atoms with E-state index < -0.39 is 12.0 Å². The largest absolute Gasteiger partial charge is 0.480 e. The third kappa shape index (κ3) is 3.26. The zero-order valence-electron chi connectivity index (χ0n) is 11.5. The maximum Gasteiger partial charge on any atom is 0.326 e. The van der Waals surface area contributed by atoms with Gasteiger partial charge in [0.1, 0.15) is 6.04 Å². The first-order valence-electron chi connectivity index (χ1n) is 6.76. The van der Waals surface area contributed by atoms with Crippen LogP contribution in [0.3, 0.4) is 0 Å². The number of carboxylic acid groups (broad SMARTS) is 1. The topological polar surface area (TPSA) is 82.5 Å². The minimum Gasteiger partial charge on any atom is -0.480 e. The molecule has 1 aromatic heterocycles. The molecule has 2 N–H and O–H groups in total. The van der Waals surface area contributed by atoms with Crippen LogP contribution in [0.25, 0.3) is 0 Å². The van der Waals surface area contributed by atoms with Crippen molar-refractivity contribution in [2.24, 2.45) is 5.92 Å². The lowest BCUT2D eigenvalue weighted by Crippen LogP contribution is -2.47. The van der Waals surface area contributed by atoms with Crippen LogP contribution in [0.5, 0.6) is 0 Å². The molecule has 6 nitrogen and oxygen atoms in total. The molecule has 0 radical (unpaired) electrons. The number of hydrogen-bond acceptors (Lipinski definition) is 3. The van der Waals surface area contributed by atoms with E-state index in [-0.39, 0.29) is 11.9 Å². The molecule has 0 aliphatic carbocycles. The van der Waals surface area contributed by atoms with Gasteiger partial charge in [-0.1, -0.05) is 6.92 Å². The molecular weight excluding hydrogens is 258 g/mol. The molecule has 1 aliphatic rings. The number of aliphatic carboxylic acids is 1. The molecule has 1 aliphatic heterocycles. The fourth-order valence-electron chi connectivity index (χ4n) is 2.52. The van der Waals surface area contributed by atoms with Crippen LogP contribution in [0.15, 0.2) is 24.5 Å². The van der Waals surface area contributed by atoms with Gasteiger partial charge in [-0.3, -0.25) is 4.98 Å². The van der Waals surface area contributed by atoms with Gasteiger partial charge in [0, 0.05) is 25.5 Å². The second-order valence-electron chi connectivity index (χ2n) is 5.08. The summed E-state index contributed by atoms with van der Waals surface area (Å²) in [6.45, 7) is 2.85. The SMILES string of the molecule is CC1CCN(C(=O)NCCc2ccncc2)C1C(=O)O. The number of rotatable bonds is 4. The first-order chi connectivity index (χ1) is 9.59. The summed E-state index contributed by atoms with van der Waals surface area (Å²) in [5.74, 6) is -0.933. The highest BCUT2D eigenvalue weighted by Gasteiger charge is 2.39. The van der Waals surface area contributed by atoms with E-state index in [2.05, 4.69) is 10.3 Å². The smallest absolute Gasteiger partial charge is 0.326 e. The highest BCUT2D eigenvalue weighted by Crippen LogP contribution is 2.23. The maximum absolute atomic E-state index is 12.0. The zero-order valence-corrected chi connectivity index (χ0v) is 11.5. The Kier molecular flexibility index (Phi) is 4.55. The number of hydrogen-bond donors (Lipinski definition) is 2. The summed E-state index contributed by atoms with van der Waals surface area (Å²) in [6.07, 6.45) is 4.85. The van der Waals surface area contributed by atoms with Crippen molar-refractivity contribution in [3.63, 3.8) is 0 Å². The molecule has 1 saturated heterocycles. The van der Waals surface area contributed by atoms with Gasteiger partial charge >= 0.3 is 12.0 Å². The van der Waals surface area contributed by atoms with E-state index in [0.29, 0.717) is 19.5 Å². The Morgan fingerprint density at radius 3 is 2.80 bits per heavy atom. The number of amides is 2. The fourth-order valence-corrected chi connectivity index (χ4v) is 2.52. The van der Waals surface area contributed by atoms with Gasteiger partial charge in [0.25, 0.3) is 0 Å². The molecule has 108 valence electrons. The third-order valence-corrected chi connectivity index (χ3v) is 3.65. The van der Waals surface area contributed by atoms with Gasteiger partial charge in [0.05, 0.1) is 0 Å². The molecular formula is C14H19N3O3. The van der Waals surface area contributed by atoms with Crippen molar-refractivity contribution >= 4 is 12.0 Å². The van der Waals surface area contributed by atoms with Gasteiger partial charge in [0.2, 0.25) is 0 Å². The summed E-state index contributed by atoms with van der Waals surface area (Å²) >= 11 is 0.